The number of carbonyl (C=O) groups excluding carboxylic acids is 1. The van der Waals surface area contributed by atoms with Crippen LogP contribution < -0.4 is 5.32 Å². The number of hydrogen-bond donors (Lipinski definition) is 1. The molecule has 0 aromatic heterocycles. The van der Waals surface area contributed by atoms with Gasteiger partial charge in [-0.25, -0.2) is 0 Å². The smallest absolute Gasteiger partial charge is 0.222 e. The van der Waals surface area contributed by atoms with Gasteiger partial charge in [0, 0.05) is 25.6 Å². The van der Waals surface area contributed by atoms with Crippen LogP contribution in [0.3, 0.4) is 0 Å². The van der Waals surface area contributed by atoms with Crippen molar-refractivity contribution in [2.45, 2.75) is 46.6 Å². The van der Waals surface area contributed by atoms with Gasteiger partial charge >= 0.3 is 0 Å². The normalized spacial score (nSPS) is 26.2. The maximum Gasteiger partial charge on any atom is 0.222 e. The Morgan fingerprint density at radius 3 is 2.69 bits per heavy atom. The Morgan fingerprint density at radius 2 is 2.12 bits per heavy atom. The first-order valence-electron chi connectivity index (χ1n) is 6.54. The molecule has 16 heavy (non-hydrogen) atoms. The van der Waals surface area contributed by atoms with Crippen LogP contribution in [0.25, 0.3) is 0 Å². The van der Waals surface area contributed by atoms with E-state index in [-0.39, 0.29) is 0 Å². The van der Waals surface area contributed by atoms with E-state index in [9.17, 15) is 4.79 Å². The summed E-state index contributed by atoms with van der Waals surface area (Å²) in [7, 11) is 0. The minimum Gasteiger partial charge on any atom is -0.341 e. The standard InChI is InChI=1S/C13H26N2O/c1-5-14-12-7-11(4)8-15(9-12)13(16)6-10(2)3/h10-12,14H,5-9H2,1-4H3. The van der Waals surface area contributed by atoms with Crippen LogP contribution >= 0.6 is 0 Å². The summed E-state index contributed by atoms with van der Waals surface area (Å²) in [6, 6.07) is 0.491. The van der Waals surface area contributed by atoms with Crippen LogP contribution in [0.5, 0.6) is 0 Å². The number of likely N-dealkylation sites (N-methyl/N-ethyl adjacent to an activating group) is 1. The van der Waals surface area contributed by atoms with Crippen molar-refractivity contribution >= 4 is 5.91 Å². The molecule has 0 spiro atoms. The van der Waals surface area contributed by atoms with Gasteiger partial charge in [-0.1, -0.05) is 27.7 Å². The second-order valence-electron chi connectivity index (χ2n) is 5.49. The lowest BCUT2D eigenvalue weighted by molar-refractivity contribution is -0.134. The number of carbonyl (C=O) groups is 1. The van der Waals surface area contributed by atoms with Crippen LogP contribution in [0, 0.1) is 11.8 Å². The third-order valence-corrected chi connectivity index (χ3v) is 3.09. The average Bonchev–Trinajstić information content (AvgIpc) is 2.16. The fraction of sp³-hybridized carbons (Fsp3) is 0.923. The van der Waals surface area contributed by atoms with Gasteiger partial charge in [0.05, 0.1) is 0 Å². The first-order chi connectivity index (χ1) is 7.52. The van der Waals surface area contributed by atoms with E-state index in [1.165, 1.54) is 6.42 Å². The van der Waals surface area contributed by atoms with Gasteiger partial charge in [0.1, 0.15) is 0 Å². The second kappa shape index (κ2) is 6.24. The van der Waals surface area contributed by atoms with Crippen molar-refractivity contribution in [1.29, 1.82) is 0 Å². The Balaban J connectivity index is 2.49. The van der Waals surface area contributed by atoms with E-state index in [0.717, 1.165) is 19.6 Å². The summed E-state index contributed by atoms with van der Waals surface area (Å²) < 4.78 is 0. The van der Waals surface area contributed by atoms with E-state index in [2.05, 4.69) is 33.0 Å². The van der Waals surface area contributed by atoms with E-state index in [1.54, 1.807) is 0 Å². The maximum atomic E-state index is 12.0. The first-order valence-corrected chi connectivity index (χ1v) is 6.54. The zero-order valence-corrected chi connectivity index (χ0v) is 11.1. The van der Waals surface area contributed by atoms with Crippen molar-refractivity contribution < 1.29 is 4.79 Å². The molecule has 3 nitrogen and oxygen atoms in total. The third-order valence-electron chi connectivity index (χ3n) is 3.09. The lowest BCUT2D eigenvalue weighted by Gasteiger charge is -2.37. The topological polar surface area (TPSA) is 32.3 Å². The van der Waals surface area contributed by atoms with Gasteiger partial charge in [-0.2, -0.15) is 0 Å². The van der Waals surface area contributed by atoms with Gasteiger partial charge in [-0.05, 0) is 24.8 Å². The van der Waals surface area contributed by atoms with E-state index >= 15 is 0 Å². The van der Waals surface area contributed by atoms with Crippen molar-refractivity contribution in [3.8, 4) is 0 Å². The molecule has 1 aliphatic heterocycles. The Kier molecular flexibility index (Phi) is 5.26. The Bertz CT molecular complexity index is 228. The third kappa shape index (κ3) is 4.12. The van der Waals surface area contributed by atoms with Gasteiger partial charge in [0.2, 0.25) is 5.91 Å². The van der Waals surface area contributed by atoms with Gasteiger partial charge in [0.25, 0.3) is 0 Å². The minimum absolute atomic E-state index is 0.324. The zero-order chi connectivity index (χ0) is 12.1. The van der Waals surface area contributed by atoms with E-state index in [1.807, 2.05) is 4.90 Å². The molecule has 3 heteroatoms. The van der Waals surface area contributed by atoms with Crippen molar-refractivity contribution in [3.05, 3.63) is 0 Å². The fourth-order valence-corrected chi connectivity index (χ4v) is 2.47. The van der Waals surface area contributed by atoms with Crippen molar-refractivity contribution in [2.75, 3.05) is 19.6 Å². The Hall–Kier alpha value is -0.570. The Morgan fingerprint density at radius 1 is 1.44 bits per heavy atom. The molecule has 0 radical (unpaired) electrons. The summed E-state index contributed by atoms with van der Waals surface area (Å²) in [4.78, 5) is 14.0. The number of amides is 1. The van der Waals surface area contributed by atoms with Crippen LogP contribution in [0.15, 0.2) is 0 Å². The summed E-state index contributed by atoms with van der Waals surface area (Å²) in [6.45, 7) is 11.4. The molecule has 1 rings (SSSR count). The van der Waals surface area contributed by atoms with Crippen molar-refractivity contribution in [2.24, 2.45) is 11.8 Å². The number of nitrogens with zero attached hydrogens (tertiary/aromatic N) is 1. The van der Waals surface area contributed by atoms with E-state index in [0.29, 0.717) is 30.2 Å². The molecule has 0 aromatic rings. The molecule has 1 saturated heterocycles. The molecular formula is C13H26N2O. The first kappa shape index (κ1) is 13.5. The lowest BCUT2D eigenvalue weighted by atomic mass is 9.95. The number of nitrogens with one attached hydrogen (secondary N) is 1. The molecule has 0 bridgehead atoms. The molecule has 1 amide bonds. The van der Waals surface area contributed by atoms with Gasteiger partial charge < -0.3 is 10.2 Å². The van der Waals surface area contributed by atoms with Crippen molar-refractivity contribution in [1.82, 2.24) is 10.2 Å². The summed E-state index contributed by atoms with van der Waals surface area (Å²) in [6.07, 6.45) is 1.88. The molecular weight excluding hydrogens is 200 g/mol. The summed E-state index contributed by atoms with van der Waals surface area (Å²) in [5, 5.41) is 3.46. The van der Waals surface area contributed by atoms with Gasteiger partial charge in [0.15, 0.2) is 0 Å². The maximum absolute atomic E-state index is 12.0. The van der Waals surface area contributed by atoms with Crippen LogP contribution in [0.2, 0.25) is 0 Å². The Labute approximate surface area is 99.6 Å². The molecule has 1 heterocycles. The highest BCUT2D eigenvalue weighted by Gasteiger charge is 2.27. The summed E-state index contributed by atoms with van der Waals surface area (Å²) in [5.41, 5.74) is 0. The minimum atomic E-state index is 0.324. The molecule has 2 unspecified atom stereocenters. The van der Waals surface area contributed by atoms with E-state index in [4.69, 9.17) is 0 Å². The number of piperidine rings is 1. The molecule has 1 N–H and O–H groups in total. The monoisotopic (exact) mass is 226 g/mol. The SMILES string of the molecule is CCNC1CC(C)CN(C(=O)CC(C)C)C1. The predicted molar refractivity (Wildman–Crippen MR) is 67.3 cm³/mol. The molecule has 1 aliphatic rings. The fourth-order valence-electron chi connectivity index (χ4n) is 2.47. The molecule has 94 valence electrons. The second-order valence-corrected chi connectivity index (χ2v) is 5.49. The van der Waals surface area contributed by atoms with Crippen LogP contribution in [0.1, 0.15) is 40.5 Å². The molecule has 1 fully saturated rings. The highest BCUT2D eigenvalue weighted by atomic mass is 16.2. The van der Waals surface area contributed by atoms with E-state index < -0.39 is 0 Å². The summed E-state index contributed by atoms with van der Waals surface area (Å²) in [5.74, 6) is 1.40. The zero-order valence-electron chi connectivity index (χ0n) is 11.1. The highest BCUT2D eigenvalue weighted by molar-refractivity contribution is 5.76. The van der Waals surface area contributed by atoms with Crippen molar-refractivity contribution in [3.63, 3.8) is 0 Å². The number of likely N-dealkylation sites (tertiary alicyclic amines) is 1. The quantitative estimate of drug-likeness (QED) is 0.794. The molecule has 0 aliphatic carbocycles. The largest absolute Gasteiger partial charge is 0.341 e. The predicted octanol–water partition coefficient (Wildman–Crippen LogP) is 1.88. The molecule has 2 atom stereocenters. The molecule has 0 aromatic carbocycles. The van der Waals surface area contributed by atoms with Crippen LogP contribution in [-0.4, -0.2) is 36.5 Å². The summed E-state index contributed by atoms with van der Waals surface area (Å²) >= 11 is 0. The highest BCUT2D eigenvalue weighted by Crippen LogP contribution is 2.18. The van der Waals surface area contributed by atoms with Crippen LogP contribution in [0.4, 0.5) is 0 Å². The molecule has 0 saturated carbocycles. The average molecular weight is 226 g/mol. The van der Waals surface area contributed by atoms with Gasteiger partial charge in [-0.3, -0.25) is 4.79 Å². The number of rotatable bonds is 4. The lowest BCUT2D eigenvalue weighted by Crippen LogP contribution is -2.50. The number of hydrogen-bond acceptors (Lipinski definition) is 2. The van der Waals surface area contributed by atoms with Gasteiger partial charge in [-0.15, -0.1) is 0 Å². The van der Waals surface area contributed by atoms with Crippen LogP contribution in [-0.2, 0) is 4.79 Å².